The van der Waals surface area contributed by atoms with Gasteiger partial charge >= 0.3 is 0 Å². The number of amides is 1. The molecule has 0 spiro atoms. The molecule has 5 nitrogen and oxygen atoms in total. The van der Waals surface area contributed by atoms with Crippen molar-refractivity contribution in [3.8, 4) is 11.8 Å². The summed E-state index contributed by atoms with van der Waals surface area (Å²) >= 11 is 2.99. The van der Waals surface area contributed by atoms with E-state index in [0.29, 0.717) is 21.4 Å². The molecule has 0 radical (unpaired) electrons. The van der Waals surface area contributed by atoms with Crippen molar-refractivity contribution in [1.82, 2.24) is 4.90 Å². The van der Waals surface area contributed by atoms with Crippen LogP contribution in [0.2, 0.25) is 0 Å². The highest BCUT2D eigenvalue weighted by Gasteiger charge is 2.30. The Balaban J connectivity index is 1.57. The van der Waals surface area contributed by atoms with Gasteiger partial charge in [-0.1, -0.05) is 42.5 Å². The van der Waals surface area contributed by atoms with Gasteiger partial charge in [0, 0.05) is 23.1 Å². The Morgan fingerprint density at radius 1 is 1.12 bits per heavy atom. The summed E-state index contributed by atoms with van der Waals surface area (Å²) in [6, 6.07) is 25.0. The van der Waals surface area contributed by atoms with Crippen LogP contribution < -0.4 is 4.74 Å². The summed E-state index contributed by atoms with van der Waals surface area (Å²) in [6.45, 7) is 0.267. The lowest BCUT2D eigenvalue weighted by molar-refractivity contribution is -0.121. The molecule has 3 aromatic rings. The molecule has 0 saturated carbocycles. The summed E-state index contributed by atoms with van der Waals surface area (Å²) in [7, 11) is 1.73. The van der Waals surface area contributed by atoms with Gasteiger partial charge in [-0.25, -0.2) is 4.99 Å². The Morgan fingerprint density at radius 3 is 2.73 bits per heavy atom. The molecule has 1 aliphatic heterocycles. The lowest BCUT2D eigenvalue weighted by atomic mass is 10.1. The highest BCUT2D eigenvalue weighted by molar-refractivity contribution is 8.18. The van der Waals surface area contributed by atoms with Gasteiger partial charge in [-0.15, -0.1) is 11.8 Å². The summed E-state index contributed by atoms with van der Waals surface area (Å²) in [5.74, 6) is 0.538. The number of carbonyl (C=O) groups excluding carboxylic acids is 1. The summed E-state index contributed by atoms with van der Waals surface area (Å²) in [5, 5.41) is 9.93. The smallest absolute Gasteiger partial charge is 0.266 e. The third kappa shape index (κ3) is 5.30. The predicted octanol–water partition coefficient (Wildman–Crippen LogP) is 6.09. The lowest BCUT2D eigenvalue weighted by Gasteiger charge is -2.10. The number of ether oxygens (including phenoxy) is 1. The second-order valence-electron chi connectivity index (χ2n) is 7.17. The standard InChI is InChI=1S/C26H21N3O2S2/c1-29-25(30)24(33-26(29)28-21-11-7-12-22(15-21)32-2)14-18-8-5-6-13-23(18)31-17-20-10-4-3-9-19(20)16-27/h3-15H,17H2,1-2H3/b24-14-,28-26?. The number of benzene rings is 3. The van der Waals surface area contributed by atoms with Crippen LogP contribution in [0.5, 0.6) is 5.75 Å². The second kappa shape index (κ2) is 10.4. The maximum Gasteiger partial charge on any atom is 0.266 e. The van der Waals surface area contributed by atoms with Crippen LogP contribution in [0.1, 0.15) is 16.7 Å². The van der Waals surface area contributed by atoms with Gasteiger partial charge in [-0.2, -0.15) is 5.26 Å². The van der Waals surface area contributed by atoms with Gasteiger partial charge < -0.3 is 4.74 Å². The number of aliphatic imine (C=N–C) groups is 1. The van der Waals surface area contributed by atoms with E-state index in [4.69, 9.17) is 4.74 Å². The number of hydrogen-bond donors (Lipinski definition) is 0. The number of hydrogen-bond acceptors (Lipinski definition) is 6. The van der Waals surface area contributed by atoms with Gasteiger partial charge in [0.25, 0.3) is 5.91 Å². The van der Waals surface area contributed by atoms with Gasteiger partial charge in [-0.05, 0) is 54.4 Å². The number of rotatable bonds is 6. The van der Waals surface area contributed by atoms with Gasteiger partial charge in [0.05, 0.1) is 22.2 Å². The highest BCUT2D eigenvalue weighted by Crippen LogP contribution is 2.35. The van der Waals surface area contributed by atoms with E-state index in [2.05, 4.69) is 11.1 Å². The molecule has 0 atom stereocenters. The molecule has 1 aliphatic rings. The van der Waals surface area contributed by atoms with Crippen LogP contribution in [0.4, 0.5) is 5.69 Å². The molecule has 0 aromatic heterocycles. The fourth-order valence-corrected chi connectivity index (χ4v) is 4.66. The van der Waals surface area contributed by atoms with Gasteiger partial charge in [-0.3, -0.25) is 9.69 Å². The molecule has 33 heavy (non-hydrogen) atoms. The molecule has 0 aliphatic carbocycles. The van der Waals surface area contributed by atoms with Gasteiger partial charge in [0.15, 0.2) is 5.17 Å². The van der Waals surface area contributed by atoms with Gasteiger partial charge in [0.2, 0.25) is 0 Å². The number of para-hydroxylation sites is 1. The average Bonchev–Trinajstić information content (AvgIpc) is 3.11. The Labute approximate surface area is 201 Å². The maximum atomic E-state index is 12.9. The van der Waals surface area contributed by atoms with Gasteiger partial charge in [0.1, 0.15) is 12.4 Å². The van der Waals surface area contributed by atoms with Crippen molar-refractivity contribution in [2.24, 2.45) is 4.99 Å². The average molecular weight is 472 g/mol. The minimum atomic E-state index is -0.107. The first-order valence-electron chi connectivity index (χ1n) is 10.2. The van der Waals surface area contributed by atoms with Crippen molar-refractivity contribution in [2.45, 2.75) is 11.5 Å². The zero-order chi connectivity index (χ0) is 23.2. The molecular formula is C26H21N3O2S2. The summed E-state index contributed by atoms with van der Waals surface area (Å²) in [4.78, 5) is 20.8. The summed E-state index contributed by atoms with van der Waals surface area (Å²) in [6.07, 6.45) is 3.85. The largest absolute Gasteiger partial charge is 0.488 e. The molecule has 0 N–H and O–H groups in total. The van der Waals surface area contributed by atoms with E-state index in [0.717, 1.165) is 21.7 Å². The van der Waals surface area contributed by atoms with Crippen molar-refractivity contribution < 1.29 is 9.53 Å². The molecule has 3 aromatic carbocycles. The number of thioether (sulfide) groups is 2. The van der Waals surface area contributed by atoms with Crippen molar-refractivity contribution in [2.75, 3.05) is 13.3 Å². The third-order valence-corrected chi connectivity index (χ3v) is 6.79. The SMILES string of the molecule is CSc1cccc(N=C2S/C(=C\c3ccccc3OCc3ccccc3C#N)C(=O)N2C)c1. The Hall–Kier alpha value is -3.47. The summed E-state index contributed by atoms with van der Waals surface area (Å²) < 4.78 is 6.02. The van der Waals surface area contributed by atoms with Crippen molar-refractivity contribution in [1.29, 1.82) is 5.26 Å². The van der Waals surface area contributed by atoms with Crippen LogP contribution in [0, 0.1) is 11.3 Å². The molecule has 4 rings (SSSR count). The molecule has 7 heteroatoms. The molecule has 0 bridgehead atoms. The van der Waals surface area contributed by atoms with E-state index in [1.165, 1.54) is 11.8 Å². The highest BCUT2D eigenvalue weighted by atomic mass is 32.2. The number of nitriles is 1. The number of carbonyl (C=O) groups is 1. The minimum absolute atomic E-state index is 0.107. The molecule has 1 saturated heterocycles. The van der Waals surface area contributed by atoms with Crippen molar-refractivity contribution >= 4 is 46.4 Å². The van der Waals surface area contributed by atoms with Crippen molar-refractivity contribution in [3.63, 3.8) is 0 Å². The zero-order valence-electron chi connectivity index (χ0n) is 18.2. The Bertz CT molecular complexity index is 1290. The Kier molecular flexibility index (Phi) is 7.18. The fourth-order valence-electron chi connectivity index (χ4n) is 3.23. The summed E-state index contributed by atoms with van der Waals surface area (Å²) in [5.41, 5.74) is 3.00. The van der Waals surface area contributed by atoms with Crippen LogP contribution in [-0.4, -0.2) is 29.3 Å². The quantitative estimate of drug-likeness (QED) is 0.321. The van der Waals surface area contributed by atoms with E-state index < -0.39 is 0 Å². The van der Waals surface area contributed by atoms with E-state index in [-0.39, 0.29) is 12.5 Å². The van der Waals surface area contributed by atoms with Crippen molar-refractivity contribution in [3.05, 3.63) is 94.4 Å². The number of likely N-dealkylation sites (N-methyl/N-ethyl adjacent to an activating group) is 1. The Morgan fingerprint density at radius 2 is 1.91 bits per heavy atom. The van der Waals surface area contributed by atoms with Crippen LogP contribution in [-0.2, 0) is 11.4 Å². The van der Waals surface area contributed by atoms with Crippen LogP contribution in [0.25, 0.3) is 6.08 Å². The fraction of sp³-hybridized carbons (Fsp3) is 0.115. The van der Waals surface area contributed by atoms with Crippen LogP contribution >= 0.6 is 23.5 Å². The van der Waals surface area contributed by atoms with E-state index in [1.54, 1.807) is 29.8 Å². The lowest BCUT2D eigenvalue weighted by Crippen LogP contribution is -2.23. The topological polar surface area (TPSA) is 65.7 Å². The van der Waals surface area contributed by atoms with Crippen LogP contribution in [0.15, 0.2) is 87.6 Å². The monoisotopic (exact) mass is 471 g/mol. The zero-order valence-corrected chi connectivity index (χ0v) is 19.8. The molecule has 0 unspecified atom stereocenters. The van der Waals surface area contributed by atoms with E-state index >= 15 is 0 Å². The maximum absolute atomic E-state index is 12.9. The first-order chi connectivity index (χ1) is 16.1. The molecular weight excluding hydrogens is 450 g/mol. The van der Waals surface area contributed by atoms with Crippen LogP contribution in [0.3, 0.4) is 0 Å². The molecule has 1 heterocycles. The number of amidine groups is 1. The van der Waals surface area contributed by atoms with E-state index in [1.807, 2.05) is 79.1 Å². The molecule has 1 amide bonds. The molecule has 1 fully saturated rings. The predicted molar refractivity (Wildman–Crippen MR) is 136 cm³/mol. The normalized spacial score (nSPS) is 15.8. The first kappa shape index (κ1) is 22.7. The first-order valence-corrected chi connectivity index (χ1v) is 12.2. The third-order valence-electron chi connectivity index (χ3n) is 5.01. The molecule has 164 valence electrons. The number of nitrogens with zero attached hydrogens (tertiary/aromatic N) is 3. The second-order valence-corrected chi connectivity index (χ2v) is 9.05. The van der Waals surface area contributed by atoms with E-state index in [9.17, 15) is 10.1 Å². The minimum Gasteiger partial charge on any atom is -0.488 e.